The fraction of sp³-hybridized carbons (Fsp3) is 0.478. The van der Waals surface area contributed by atoms with Gasteiger partial charge in [0, 0.05) is 37.9 Å². The third-order valence-electron chi connectivity index (χ3n) is 5.06. The van der Waals surface area contributed by atoms with Crippen LogP contribution in [0.25, 0.3) is 0 Å². The van der Waals surface area contributed by atoms with Crippen LogP contribution >= 0.6 is 24.0 Å². The first-order valence-corrected chi connectivity index (χ1v) is 10.8. The predicted octanol–water partition coefficient (Wildman–Crippen LogP) is 4.80. The maximum atomic E-state index is 12.6. The molecule has 182 valence electrons. The summed E-state index contributed by atoms with van der Waals surface area (Å²) in [6, 6.07) is 9.22. The lowest BCUT2D eigenvalue weighted by atomic mass is 10.1. The van der Waals surface area contributed by atoms with Gasteiger partial charge in [0.2, 0.25) is 0 Å². The molecule has 1 aromatic heterocycles. The first kappa shape index (κ1) is 27.0. The minimum absolute atomic E-state index is 0. The van der Waals surface area contributed by atoms with E-state index in [2.05, 4.69) is 31.6 Å². The highest BCUT2D eigenvalue weighted by atomic mass is 127. The van der Waals surface area contributed by atoms with Crippen molar-refractivity contribution < 1.29 is 17.9 Å². The number of ether oxygens (including phenoxy) is 1. The number of nitrogens with zero attached hydrogens (tertiary/aromatic N) is 3. The van der Waals surface area contributed by atoms with Crippen LogP contribution in [0.1, 0.15) is 36.5 Å². The van der Waals surface area contributed by atoms with Gasteiger partial charge in [-0.25, -0.2) is 9.98 Å². The van der Waals surface area contributed by atoms with Gasteiger partial charge in [-0.1, -0.05) is 12.1 Å². The molecule has 1 aliphatic heterocycles. The Morgan fingerprint density at radius 2 is 1.91 bits per heavy atom. The van der Waals surface area contributed by atoms with Gasteiger partial charge >= 0.3 is 6.18 Å². The number of aliphatic imine (C=N–C) groups is 1. The molecule has 1 saturated heterocycles. The topological polar surface area (TPSA) is 61.8 Å². The van der Waals surface area contributed by atoms with Gasteiger partial charge in [0.25, 0.3) is 0 Å². The molecular weight excluding hydrogens is 546 g/mol. The van der Waals surface area contributed by atoms with Crippen molar-refractivity contribution in [2.75, 3.05) is 31.1 Å². The lowest BCUT2D eigenvalue weighted by molar-refractivity contribution is -0.153. The Balaban J connectivity index is 0.00000385. The molecule has 33 heavy (non-hydrogen) atoms. The standard InChI is InChI=1S/C23H30F3N5O.HI/c1-3-27-22(29-14-18-8-9-28-21(13-18)31-10-4-5-11-31)30-15-19-7-6-17(2)12-20(19)32-16-23(24,25)26;/h6-9,12-13H,3-5,10-11,14-16H2,1-2H3,(H2,27,29,30);1H. The molecule has 0 unspecified atom stereocenters. The molecular formula is C23H31F3IN5O. The molecule has 0 atom stereocenters. The molecule has 6 nitrogen and oxygen atoms in total. The Morgan fingerprint density at radius 1 is 1.15 bits per heavy atom. The smallest absolute Gasteiger partial charge is 0.422 e. The summed E-state index contributed by atoms with van der Waals surface area (Å²) in [7, 11) is 0. The van der Waals surface area contributed by atoms with Gasteiger partial charge in [-0.3, -0.25) is 0 Å². The number of rotatable bonds is 8. The van der Waals surface area contributed by atoms with Crippen LogP contribution in [0, 0.1) is 6.92 Å². The Hall–Kier alpha value is -2.24. The number of aryl methyl sites for hydroxylation is 1. The summed E-state index contributed by atoms with van der Waals surface area (Å²) in [6.45, 7) is 5.91. The minimum atomic E-state index is -4.39. The third-order valence-corrected chi connectivity index (χ3v) is 5.06. The number of nitrogens with one attached hydrogen (secondary N) is 2. The molecule has 10 heteroatoms. The van der Waals surface area contributed by atoms with E-state index >= 15 is 0 Å². The van der Waals surface area contributed by atoms with Crippen LogP contribution in [0.3, 0.4) is 0 Å². The number of alkyl halides is 3. The van der Waals surface area contributed by atoms with E-state index in [4.69, 9.17) is 4.74 Å². The lowest BCUT2D eigenvalue weighted by Crippen LogP contribution is -2.37. The van der Waals surface area contributed by atoms with Crippen LogP contribution in [-0.4, -0.2) is 43.4 Å². The number of guanidine groups is 1. The largest absolute Gasteiger partial charge is 0.484 e. The normalized spacial score (nSPS) is 14.1. The fourth-order valence-electron chi connectivity index (χ4n) is 3.47. The zero-order valence-corrected chi connectivity index (χ0v) is 21.2. The van der Waals surface area contributed by atoms with E-state index in [-0.39, 0.29) is 36.3 Å². The van der Waals surface area contributed by atoms with Crippen LogP contribution < -0.4 is 20.3 Å². The van der Waals surface area contributed by atoms with Gasteiger partial charge in [0.05, 0.1) is 6.54 Å². The van der Waals surface area contributed by atoms with E-state index in [0.29, 0.717) is 24.6 Å². The lowest BCUT2D eigenvalue weighted by Gasteiger charge is -2.17. The number of hydrogen-bond acceptors (Lipinski definition) is 4. The summed E-state index contributed by atoms with van der Waals surface area (Å²) < 4.78 is 42.8. The molecule has 0 radical (unpaired) electrons. The first-order chi connectivity index (χ1) is 15.3. The number of benzene rings is 1. The zero-order valence-electron chi connectivity index (χ0n) is 18.9. The van der Waals surface area contributed by atoms with E-state index < -0.39 is 12.8 Å². The highest BCUT2D eigenvalue weighted by molar-refractivity contribution is 14.0. The van der Waals surface area contributed by atoms with Crippen molar-refractivity contribution in [1.29, 1.82) is 0 Å². The Labute approximate surface area is 210 Å². The molecule has 3 rings (SSSR count). The average Bonchev–Trinajstić information content (AvgIpc) is 3.30. The molecule has 2 heterocycles. The SMILES string of the molecule is CCNC(=NCc1ccnc(N2CCCC2)c1)NCc1ccc(C)cc1OCC(F)(F)F.I. The second-order valence-corrected chi connectivity index (χ2v) is 7.78. The molecule has 2 N–H and O–H groups in total. The summed E-state index contributed by atoms with van der Waals surface area (Å²) in [4.78, 5) is 11.4. The summed E-state index contributed by atoms with van der Waals surface area (Å²) in [6.07, 6.45) is -0.211. The maximum Gasteiger partial charge on any atom is 0.422 e. The first-order valence-electron chi connectivity index (χ1n) is 10.8. The van der Waals surface area contributed by atoms with Crippen molar-refractivity contribution in [3.05, 3.63) is 53.2 Å². The monoisotopic (exact) mass is 577 g/mol. The fourth-order valence-corrected chi connectivity index (χ4v) is 3.47. The van der Waals surface area contributed by atoms with Crippen molar-refractivity contribution >= 4 is 35.8 Å². The van der Waals surface area contributed by atoms with E-state index in [1.165, 1.54) is 12.8 Å². The van der Waals surface area contributed by atoms with Crippen molar-refractivity contribution in [3.8, 4) is 5.75 Å². The van der Waals surface area contributed by atoms with Gasteiger partial charge in [-0.05, 0) is 56.0 Å². The number of hydrogen-bond donors (Lipinski definition) is 2. The minimum Gasteiger partial charge on any atom is -0.484 e. The number of halogens is 4. The van der Waals surface area contributed by atoms with Crippen LogP contribution in [-0.2, 0) is 13.1 Å². The highest BCUT2D eigenvalue weighted by Gasteiger charge is 2.28. The van der Waals surface area contributed by atoms with Gasteiger partial charge < -0.3 is 20.3 Å². The second kappa shape index (κ2) is 12.9. The number of aromatic nitrogens is 1. The van der Waals surface area contributed by atoms with Crippen LogP contribution in [0.2, 0.25) is 0 Å². The molecule has 0 amide bonds. The molecule has 1 aromatic carbocycles. The summed E-state index contributed by atoms with van der Waals surface area (Å²) >= 11 is 0. The summed E-state index contributed by atoms with van der Waals surface area (Å²) in [5, 5.41) is 6.36. The predicted molar refractivity (Wildman–Crippen MR) is 135 cm³/mol. The second-order valence-electron chi connectivity index (χ2n) is 7.78. The highest BCUT2D eigenvalue weighted by Crippen LogP contribution is 2.24. The molecule has 0 saturated carbocycles. The van der Waals surface area contributed by atoms with Crippen molar-refractivity contribution in [2.45, 2.75) is 46.0 Å². The van der Waals surface area contributed by atoms with Gasteiger partial charge in [-0.2, -0.15) is 13.2 Å². The quantitative estimate of drug-likeness (QED) is 0.268. The molecule has 0 spiro atoms. The van der Waals surface area contributed by atoms with E-state index in [9.17, 15) is 13.2 Å². The summed E-state index contributed by atoms with van der Waals surface area (Å²) in [5.74, 6) is 1.77. The van der Waals surface area contributed by atoms with Gasteiger partial charge in [0.1, 0.15) is 11.6 Å². The van der Waals surface area contributed by atoms with Crippen molar-refractivity contribution in [2.24, 2.45) is 4.99 Å². The maximum absolute atomic E-state index is 12.6. The third kappa shape index (κ3) is 8.90. The van der Waals surface area contributed by atoms with E-state index in [1.807, 2.05) is 26.0 Å². The molecule has 0 aliphatic carbocycles. The van der Waals surface area contributed by atoms with Crippen molar-refractivity contribution in [3.63, 3.8) is 0 Å². The van der Waals surface area contributed by atoms with Gasteiger partial charge in [-0.15, -0.1) is 24.0 Å². The van der Waals surface area contributed by atoms with Crippen LogP contribution in [0.5, 0.6) is 5.75 Å². The molecule has 0 bridgehead atoms. The number of pyridine rings is 1. The van der Waals surface area contributed by atoms with Crippen LogP contribution in [0.15, 0.2) is 41.5 Å². The van der Waals surface area contributed by atoms with E-state index in [1.54, 1.807) is 18.3 Å². The Bertz CT molecular complexity index is 917. The van der Waals surface area contributed by atoms with E-state index in [0.717, 1.165) is 30.0 Å². The molecule has 1 aliphatic rings. The Kier molecular flexibility index (Phi) is 10.5. The Morgan fingerprint density at radius 3 is 2.61 bits per heavy atom. The molecule has 2 aromatic rings. The summed E-state index contributed by atoms with van der Waals surface area (Å²) in [5.41, 5.74) is 2.51. The van der Waals surface area contributed by atoms with Crippen molar-refractivity contribution in [1.82, 2.24) is 15.6 Å². The van der Waals surface area contributed by atoms with Gasteiger partial charge in [0.15, 0.2) is 12.6 Å². The number of anilines is 1. The average molecular weight is 577 g/mol. The molecule has 1 fully saturated rings. The van der Waals surface area contributed by atoms with Crippen LogP contribution in [0.4, 0.5) is 19.0 Å². The zero-order chi connectivity index (χ0) is 23.0.